The van der Waals surface area contributed by atoms with Crippen molar-refractivity contribution in [3.63, 3.8) is 0 Å². The molecule has 1 N–H and O–H groups in total. The Morgan fingerprint density at radius 1 is 1.19 bits per heavy atom. The maximum absolute atomic E-state index is 12.1. The summed E-state index contributed by atoms with van der Waals surface area (Å²) in [5, 5.41) is 11.9. The lowest BCUT2D eigenvalue weighted by Gasteiger charge is -2.07. The number of nitriles is 1. The van der Waals surface area contributed by atoms with Gasteiger partial charge in [0.25, 0.3) is 5.91 Å². The molecular formula is C17H15N3O. The Kier molecular flexibility index (Phi) is 4.47. The first kappa shape index (κ1) is 14.5. The number of hydrogen-bond acceptors (Lipinski definition) is 3. The lowest BCUT2D eigenvalue weighted by atomic mass is 10.1. The first-order valence-electron chi connectivity index (χ1n) is 6.50. The van der Waals surface area contributed by atoms with E-state index in [-0.39, 0.29) is 5.57 Å². The molecule has 0 atom stereocenters. The number of nitrogens with one attached hydrogen (secondary N) is 1. The van der Waals surface area contributed by atoms with Crippen LogP contribution in [0.25, 0.3) is 6.08 Å². The minimum Gasteiger partial charge on any atom is -0.321 e. The average Bonchev–Trinajstić information content (AvgIpc) is 2.49. The van der Waals surface area contributed by atoms with Crippen LogP contribution in [0.3, 0.4) is 0 Å². The van der Waals surface area contributed by atoms with Gasteiger partial charge in [-0.05, 0) is 60.9 Å². The molecule has 0 saturated carbocycles. The smallest absolute Gasteiger partial charge is 0.266 e. The van der Waals surface area contributed by atoms with E-state index >= 15 is 0 Å². The van der Waals surface area contributed by atoms with Crippen LogP contribution in [-0.4, -0.2) is 10.9 Å². The van der Waals surface area contributed by atoms with Crippen LogP contribution in [-0.2, 0) is 4.79 Å². The van der Waals surface area contributed by atoms with Crippen LogP contribution < -0.4 is 5.32 Å². The quantitative estimate of drug-likeness (QED) is 0.691. The first-order valence-corrected chi connectivity index (χ1v) is 6.50. The number of aryl methyl sites for hydroxylation is 2. The molecule has 1 aromatic heterocycles. The number of aromatic nitrogens is 1. The van der Waals surface area contributed by atoms with E-state index in [0.717, 1.165) is 16.7 Å². The monoisotopic (exact) mass is 277 g/mol. The number of nitrogens with zero attached hydrogens (tertiary/aromatic N) is 2. The Balaban J connectivity index is 2.20. The highest BCUT2D eigenvalue weighted by atomic mass is 16.1. The molecule has 2 rings (SSSR count). The second kappa shape index (κ2) is 6.49. The fourth-order valence-electron chi connectivity index (χ4n) is 1.79. The van der Waals surface area contributed by atoms with E-state index in [1.165, 1.54) is 6.08 Å². The summed E-state index contributed by atoms with van der Waals surface area (Å²) in [6.45, 7) is 3.98. The van der Waals surface area contributed by atoms with Crippen molar-refractivity contribution >= 4 is 17.7 Å². The van der Waals surface area contributed by atoms with Gasteiger partial charge in [-0.25, -0.2) is 0 Å². The van der Waals surface area contributed by atoms with Gasteiger partial charge < -0.3 is 5.32 Å². The molecule has 1 amide bonds. The molecule has 4 nitrogen and oxygen atoms in total. The molecule has 0 aliphatic heterocycles. The number of pyridine rings is 1. The summed E-state index contributed by atoms with van der Waals surface area (Å²) in [6, 6.07) is 11.0. The predicted octanol–water partition coefficient (Wildman–Crippen LogP) is 3.24. The third-order valence-corrected chi connectivity index (χ3v) is 3.15. The van der Waals surface area contributed by atoms with Crippen LogP contribution in [0.4, 0.5) is 5.69 Å². The molecule has 0 unspecified atom stereocenters. The van der Waals surface area contributed by atoms with Crippen molar-refractivity contribution in [2.75, 3.05) is 5.32 Å². The van der Waals surface area contributed by atoms with Crippen LogP contribution in [0.1, 0.15) is 16.7 Å². The number of benzene rings is 1. The van der Waals surface area contributed by atoms with Gasteiger partial charge in [-0.2, -0.15) is 5.26 Å². The molecule has 4 heteroatoms. The highest BCUT2D eigenvalue weighted by Crippen LogP contribution is 2.15. The topological polar surface area (TPSA) is 65.8 Å². The van der Waals surface area contributed by atoms with Crippen molar-refractivity contribution in [2.45, 2.75) is 13.8 Å². The van der Waals surface area contributed by atoms with Gasteiger partial charge in [0.1, 0.15) is 11.6 Å². The SMILES string of the molecule is Cc1ccc(NC(=O)/C(C#N)=C/c2ccncc2)cc1C. The van der Waals surface area contributed by atoms with Gasteiger partial charge in [-0.1, -0.05) is 6.07 Å². The van der Waals surface area contributed by atoms with Gasteiger partial charge >= 0.3 is 0 Å². The number of carbonyl (C=O) groups excluding carboxylic acids is 1. The largest absolute Gasteiger partial charge is 0.321 e. The predicted molar refractivity (Wildman–Crippen MR) is 82.4 cm³/mol. The van der Waals surface area contributed by atoms with Crippen molar-refractivity contribution in [1.29, 1.82) is 5.26 Å². The van der Waals surface area contributed by atoms with Crippen molar-refractivity contribution in [2.24, 2.45) is 0 Å². The second-order valence-corrected chi connectivity index (χ2v) is 4.70. The van der Waals surface area contributed by atoms with Crippen molar-refractivity contribution in [3.05, 3.63) is 65.0 Å². The maximum atomic E-state index is 12.1. The fourth-order valence-corrected chi connectivity index (χ4v) is 1.79. The van der Waals surface area contributed by atoms with E-state index in [1.54, 1.807) is 24.5 Å². The minimum atomic E-state index is -0.419. The third kappa shape index (κ3) is 3.77. The lowest BCUT2D eigenvalue weighted by molar-refractivity contribution is -0.112. The lowest BCUT2D eigenvalue weighted by Crippen LogP contribution is -2.13. The molecule has 0 aliphatic carbocycles. The van der Waals surface area contributed by atoms with Gasteiger partial charge in [0.05, 0.1) is 0 Å². The zero-order valence-corrected chi connectivity index (χ0v) is 11.9. The molecule has 0 spiro atoms. The Hall–Kier alpha value is -2.93. The Morgan fingerprint density at radius 3 is 2.52 bits per heavy atom. The van der Waals surface area contributed by atoms with Crippen LogP contribution >= 0.6 is 0 Å². The normalized spacial score (nSPS) is 10.8. The van der Waals surface area contributed by atoms with Crippen LogP contribution in [0, 0.1) is 25.2 Å². The van der Waals surface area contributed by atoms with Gasteiger partial charge in [0, 0.05) is 18.1 Å². The van der Waals surface area contributed by atoms with E-state index in [4.69, 9.17) is 5.26 Å². The van der Waals surface area contributed by atoms with Gasteiger partial charge in [-0.3, -0.25) is 9.78 Å². The molecule has 0 fully saturated rings. The van der Waals surface area contributed by atoms with Crippen molar-refractivity contribution in [1.82, 2.24) is 4.98 Å². The average molecular weight is 277 g/mol. The molecule has 1 aromatic carbocycles. The number of rotatable bonds is 3. The molecule has 21 heavy (non-hydrogen) atoms. The summed E-state index contributed by atoms with van der Waals surface area (Å²) in [5.74, 6) is -0.419. The van der Waals surface area contributed by atoms with Gasteiger partial charge in [0.15, 0.2) is 0 Å². The molecule has 0 radical (unpaired) electrons. The van der Waals surface area contributed by atoms with E-state index in [0.29, 0.717) is 5.69 Å². The third-order valence-electron chi connectivity index (χ3n) is 3.15. The molecule has 0 aliphatic rings. The van der Waals surface area contributed by atoms with E-state index < -0.39 is 5.91 Å². The van der Waals surface area contributed by atoms with Crippen molar-refractivity contribution in [3.8, 4) is 6.07 Å². The number of amides is 1. The van der Waals surface area contributed by atoms with E-state index in [1.807, 2.05) is 38.1 Å². The van der Waals surface area contributed by atoms with Gasteiger partial charge in [0.2, 0.25) is 0 Å². The van der Waals surface area contributed by atoms with E-state index in [9.17, 15) is 4.79 Å². The minimum absolute atomic E-state index is 0.0550. The summed E-state index contributed by atoms with van der Waals surface area (Å²) in [5.41, 5.74) is 3.74. The summed E-state index contributed by atoms with van der Waals surface area (Å²) >= 11 is 0. The molecule has 104 valence electrons. The Bertz CT molecular complexity index is 727. The molecule has 2 aromatic rings. The van der Waals surface area contributed by atoms with Crippen LogP contribution in [0.2, 0.25) is 0 Å². The van der Waals surface area contributed by atoms with Crippen LogP contribution in [0.5, 0.6) is 0 Å². The summed E-state index contributed by atoms with van der Waals surface area (Å²) in [4.78, 5) is 16.0. The maximum Gasteiger partial charge on any atom is 0.266 e. The molecular weight excluding hydrogens is 262 g/mol. The molecule has 1 heterocycles. The number of anilines is 1. The standard InChI is InChI=1S/C17H15N3O/c1-12-3-4-16(9-13(12)2)20-17(21)15(11-18)10-14-5-7-19-8-6-14/h3-10H,1-2H3,(H,20,21)/b15-10+. The zero-order valence-electron chi connectivity index (χ0n) is 11.9. The Morgan fingerprint density at radius 2 is 1.90 bits per heavy atom. The summed E-state index contributed by atoms with van der Waals surface area (Å²) in [7, 11) is 0. The molecule has 0 saturated heterocycles. The van der Waals surface area contributed by atoms with E-state index in [2.05, 4.69) is 10.3 Å². The molecule has 0 bridgehead atoms. The summed E-state index contributed by atoms with van der Waals surface area (Å²) in [6.07, 6.45) is 4.77. The fraction of sp³-hybridized carbons (Fsp3) is 0.118. The highest BCUT2D eigenvalue weighted by Gasteiger charge is 2.09. The Labute approximate surface area is 123 Å². The second-order valence-electron chi connectivity index (χ2n) is 4.70. The first-order chi connectivity index (χ1) is 10.1. The zero-order chi connectivity index (χ0) is 15.2. The highest BCUT2D eigenvalue weighted by molar-refractivity contribution is 6.09. The van der Waals surface area contributed by atoms with Gasteiger partial charge in [-0.15, -0.1) is 0 Å². The number of carbonyl (C=O) groups is 1. The number of hydrogen-bond donors (Lipinski definition) is 1. The van der Waals surface area contributed by atoms with Crippen LogP contribution in [0.15, 0.2) is 48.3 Å². The van der Waals surface area contributed by atoms with Crippen molar-refractivity contribution < 1.29 is 4.79 Å². The summed E-state index contributed by atoms with van der Waals surface area (Å²) < 4.78 is 0.